The van der Waals surface area contributed by atoms with E-state index in [4.69, 9.17) is 33.7 Å². The molecule has 0 unspecified atom stereocenters. The number of amidine groups is 1. The molecule has 108 valence electrons. The molecule has 0 aromatic heterocycles. The van der Waals surface area contributed by atoms with E-state index in [0.29, 0.717) is 18.1 Å². The van der Waals surface area contributed by atoms with E-state index in [0.717, 1.165) is 5.56 Å². The van der Waals surface area contributed by atoms with E-state index in [2.05, 4.69) is 9.99 Å². The molecule has 1 aromatic carbocycles. The highest BCUT2D eigenvalue weighted by atomic mass is 35.5. The standard InChI is InChI=1S/C13H14Cl2N2O3/c14-6-12(18)20-17-13(16)9-5-11(19-7-9)8-1-3-10(15)4-2-8/h1-4,9,11H,5-7H2,(H2,16,17)/t9-,11+/m0/s1. The van der Waals surface area contributed by atoms with Gasteiger partial charge in [-0.15, -0.1) is 11.6 Å². The molecule has 1 aromatic rings. The van der Waals surface area contributed by atoms with Gasteiger partial charge in [-0.25, -0.2) is 4.79 Å². The molecule has 0 spiro atoms. The van der Waals surface area contributed by atoms with Crippen LogP contribution in [0.4, 0.5) is 0 Å². The fourth-order valence-corrected chi connectivity index (χ4v) is 2.12. The SMILES string of the molecule is N/C(=N\OC(=O)CCl)[C@@H]1CO[C@@H](c2ccc(Cl)cc2)C1. The molecule has 1 aliphatic rings. The van der Waals surface area contributed by atoms with Crippen molar-refractivity contribution in [2.45, 2.75) is 12.5 Å². The van der Waals surface area contributed by atoms with E-state index in [1.54, 1.807) is 0 Å². The number of oxime groups is 1. The summed E-state index contributed by atoms with van der Waals surface area (Å²) in [4.78, 5) is 15.4. The predicted molar refractivity (Wildman–Crippen MR) is 76.7 cm³/mol. The van der Waals surface area contributed by atoms with Crippen molar-refractivity contribution in [1.82, 2.24) is 0 Å². The van der Waals surface area contributed by atoms with Crippen LogP contribution in [0.3, 0.4) is 0 Å². The van der Waals surface area contributed by atoms with Crippen molar-refractivity contribution in [3.05, 3.63) is 34.9 Å². The van der Waals surface area contributed by atoms with E-state index < -0.39 is 5.97 Å². The van der Waals surface area contributed by atoms with Crippen molar-refractivity contribution < 1.29 is 14.4 Å². The topological polar surface area (TPSA) is 73.9 Å². The van der Waals surface area contributed by atoms with Gasteiger partial charge in [0.2, 0.25) is 0 Å². The Labute approximate surface area is 126 Å². The number of carbonyl (C=O) groups excluding carboxylic acids is 1. The van der Waals surface area contributed by atoms with Crippen LogP contribution in [0.1, 0.15) is 18.1 Å². The zero-order valence-corrected chi connectivity index (χ0v) is 12.1. The number of alkyl halides is 1. The minimum absolute atomic E-state index is 0.0604. The first-order valence-electron chi connectivity index (χ1n) is 6.06. The maximum atomic E-state index is 10.9. The lowest BCUT2D eigenvalue weighted by atomic mass is 10.00. The lowest BCUT2D eigenvalue weighted by Crippen LogP contribution is -2.24. The normalized spacial score (nSPS) is 22.8. The monoisotopic (exact) mass is 316 g/mol. The fourth-order valence-electron chi connectivity index (χ4n) is 1.95. The summed E-state index contributed by atoms with van der Waals surface area (Å²) in [5.41, 5.74) is 6.81. The van der Waals surface area contributed by atoms with Gasteiger partial charge in [-0.2, -0.15) is 0 Å². The molecule has 7 heteroatoms. The third-order valence-corrected chi connectivity index (χ3v) is 3.49. The summed E-state index contributed by atoms with van der Waals surface area (Å²) in [7, 11) is 0. The Morgan fingerprint density at radius 2 is 2.15 bits per heavy atom. The summed E-state index contributed by atoms with van der Waals surface area (Å²) in [6.07, 6.45) is 0.616. The molecule has 5 nitrogen and oxygen atoms in total. The highest BCUT2D eigenvalue weighted by Gasteiger charge is 2.29. The molecule has 1 fully saturated rings. The van der Waals surface area contributed by atoms with Crippen molar-refractivity contribution in [1.29, 1.82) is 0 Å². The van der Waals surface area contributed by atoms with Crippen LogP contribution in [-0.2, 0) is 14.4 Å². The second-order valence-electron chi connectivity index (χ2n) is 4.42. The summed E-state index contributed by atoms with van der Waals surface area (Å²) in [5, 5.41) is 4.26. The minimum Gasteiger partial charge on any atom is -0.384 e. The van der Waals surface area contributed by atoms with Crippen LogP contribution < -0.4 is 5.73 Å². The van der Waals surface area contributed by atoms with E-state index in [1.165, 1.54) is 0 Å². The molecule has 0 saturated carbocycles. The van der Waals surface area contributed by atoms with Crippen LogP contribution in [0.5, 0.6) is 0 Å². The molecule has 0 amide bonds. The second-order valence-corrected chi connectivity index (χ2v) is 5.12. The zero-order valence-electron chi connectivity index (χ0n) is 10.6. The van der Waals surface area contributed by atoms with Crippen LogP contribution in [0.25, 0.3) is 0 Å². The van der Waals surface area contributed by atoms with Gasteiger partial charge in [0.1, 0.15) is 11.7 Å². The summed E-state index contributed by atoms with van der Waals surface area (Å²) in [5.74, 6) is -0.743. The molecule has 2 N–H and O–H groups in total. The highest BCUT2D eigenvalue weighted by molar-refractivity contribution is 6.30. The Kier molecular flexibility index (Phi) is 5.23. The van der Waals surface area contributed by atoms with Gasteiger partial charge in [0.05, 0.1) is 12.7 Å². The van der Waals surface area contributed by atoms with Gasteiger partial charge in [-0.1, -0.05) is 28.9 Å². The first-order valence-corrected chi connectivity index (χ1v) is 6.97. The molecule has 0 aliphatic carbocycles. The number of rotatable bonds is 4. The fraction of sp³-hybridized carbons (Fsp3) is 0.385. The Morgan fingerprint density at radius 3 is 2.80 bits per heavy atom. The maximum absolute atomic E-state index is 10.9. The quantitative estimate of drug-likeness (QED) is 0.304. The average Bonchev–Trinajstić information content (AvgIpc) is 2.95. The maximum Gasteiger partial charge on any atom is 0.349 e. The third kappa shape index (κ3) is 3.85. The number of hydrogen-bond acceptors (Lipinski definition) is 4. The first-order chi connectivity index (χ1) is 9.60. The average molecular weight is 317 g/mol. The first kappa shape index (κ1) is 15.1. The largest absolute Gasteiger partial charge is 0.384 e. The lowest BCUT2D eigenvalue weighted by molar-refractivity contribution is -0.140. The smallest absolute Gasteiger partial charge is 0.349 e. The van der Waals surface area contributed by atoms with Crippen molar-refractivity contribution in [2.75, 3.05) is 12.5 Å². The van der Waals surface area contributed by atoms with Crippen molar-refractivity contribution in [2.24, 2.45) is 16.8 Å². The summed E-state index contributed by atoms with van der Waals surface area (Å²) >= 11 is 11.1. The number of nitrogens with zero attached hydrogens (tertiary/aromatic N) is 1. The van der Waals surface area contributed by atoms with Gasteiger partial charge in [-0.05, 0) is 24.1 Å². The molecule has 1 heterocycles. The van der Waals surface area contributed by atoms with E-state index in [9.17, 15) is 4.79 Å². The number of nitrogens with two attached hydrogens (primary N) is 1. The molecular weight excluding hydrogens is 303 g/mol. The Balaban J connectivity index is 1.94. The number of benzene rings is 1. The van der Waals surface area contributed by atoms with Crippen molar-refractivity contribution in [3.63, 3.8) is 0 Å². The van der Waals surface area contributed by atoms with Gasteiger partial charge >= 0.3 is 5.97 Å². The van der Waals surface area contributed by atoms with E-state index >= 15 is 0 Å². The van der Waals surface area contributed by atoms with E-state index in [-0.39, 0.29) is 23.7 Å². The zero-order chi connectivity index (χ0) is 14.5. The van der Waals surface area contributed by atoms with Crippen LogP contribution >= 0.6 is 23.2 Å². The summed E-state index contributed by atoms with van der Waals surface area (Å²) < 4.78 is 5.68. The summed E-state index contributed by atoms with van der Waals surface area (Å²) in [6.45, 7) is 0.432. The molecule has 2 atom stereocenters. The molecule has 1 aliphatic heterocycles. The lowest BCUT2D eigenvalue weighted by Gasteiger charge is -2.09. The van der Waals surface area contributed by atoms with Gasteiger partial charge in [0, 0.05) is 10.9 Å². The Hall–Kier alpha value is -1.30. The molecule has 0 radical (unpaired) electrons. The van der Waals surface area contributed by atoms with E-state index in [1.807, 2.05) is 24.3 Å². The molecular formula is C13H14Cl2N2O3. The number of ether oxygens (including phenoxy) is 1. The summed E-state index contributed by atoms with van der Waals surface area (Å²) in [6, 6.07) is 7.45. The van der Waals surface area contributed by atoms with Crippen LogP contribution in [0, 0.1) is 5.92 Å². The van der Waals surface area contributed by atoms with Gasteiger partial charge in [0.25, 0.3) is 0 Å². The van der Waals surface area contributed by atoms with Gasteiger partial charge < -0.3 is 15.3 Å². The minimum atomic E-state index is -0.636. The van der Waals surface area contributed by atoms with Crippen molar-refractivity contribution in [3.8, 4) is 0 Å². The van der Waals surface area contributed by atoms with Crippen LogP contribution in [-0.4, -0.2) is 24.3 Å². The second kappa shape index (κ2) is 6.92. The van der Waals surface area contributed by atoms with Crippen molar-refractivity contribution >= 4 is 35.0 Å². The van der Waals surface area contributed by atoms with Crippen LogP contribution in [0.15, 0.2) is 29.4 Å². The van der Waals surface area contributed by atoms with Gasteiger partial charge in [0.15, 0.2) is 0 Å². The highest BCUT2D eigenvalue weighted by Crippen LogP contribution is 2.33. The Bertz CT molecular complexity index is 505. The number of hydrogen-bond donors (Lipinski definition) is 1. The Morgan fingerprint density at radius 1 is 1.45 bits per heavy atom. The molecule has 1 saturated heterocycles. The molecule has 0 bridgehead atoms. The molecule has 2 rings (SSSR count). The van der Waals surface area contributed by atoms with Gasteiger partial charge in [-0.3, -0.25) is 0 Å². The molecule has 20 heavy (non-hydrogen) atoms. The number of halogens is 2. The third-order valence-electron chi connectivity index (χ3n) is 3.02. The predicted octanol–water partition coefficient (Wildman–Crippen LogP) is 2.47. The van der Waals surface area contributed by atoms with Crippen LogP contribution in [0.2, 0.25) is 5.02 Å². The number of carbonyl (C=O) groups is 1.